The van der Waals surface area contributed by atoms with Crippen molar-refractivity contribution in [3.63, 3.8) is 0 Å². The highest BCUT2D eigenvalue weighted by Crippen LogP contribution is 2.44. The van der Waals surface area contributed by atoms with Gasteiger partial charge < -0.3 is 4.79 Å². The molecule has 3 unspecified atom stereocenters. The first kappa shape index (κ1) is 26.8. The first-order valence-corrected chi connectivity index (χ1v) is 13.8. The van der Waals surface area contributed by atoms with Crippen molar-refractivity contribution >= 4 is 23.4 Å². The van der Waals surface area contributed by atoms with Crippen LogP contribution in [-0.4, -0.2) is 12.5 Å². The highest BCUT2D eigenvalue weighted by atomic mass is 16.1. The Hall–Kier alpha value is -1.83. The van der Waals surface area contributed by atoms with Gasteiger partial charge in [0.25, 0.3) is 0 Å². The molecule has 0 aliphatic heterocycles. The lowest BCUT2D eigenvalue weighted by atomic mass is 9.28. The van der Waals surface area contributed by atoms with Crippen molar-refractivity contribution in [2.75, 3.05) is 0 Å². The lowest BCUT2D eigenvalue weighted by Crippen LogP contribution is -2.54. The zero-order chi connectivity index (χ0) is 25.0. The molecule has 2 aromatic rings. The molecule has 0 spiro atoms. The van der Waals surface area contributed by atoms with E-state index >= 15 is 0 Å². The molecule has 0 radical (unpaired) electrons. The van der Waals surface area contributed by atoms with Crippen LogP contribution in [0.2, 0.25) is 5.82 Å². The summed E-state index contributed by atoms with van der Waals surface area (Å²) < 4.78 is 0. The molecule has 1 aliphatic carbocycles. The molecule has 1 saturated carbocycles. The minimum Gasteiger partial charge on any atom is -0.300 e. The van der Waals surface area contributed by atoms with Crippen LogP contribution in [0, 0.1) is 53.4 Å². The molecule has 34 heavy (non-hydrogen) atoms. The van der Waals surface area contributed by atoms with E-state index in [1.54, 1.807) is 0 Å². The Bertz CT molecular complexity index is 901. The Labute approximate surface area is 210 Å². The quantitative estimate of drug-likeness (QED) is 0.266. The predicted octanol–water partition coefficient (Wildman–Crippen LogP) is 7.49. The van der Waals surface area contributed by atoms with Crippen LogP contribution in [0.1, 0.15) is 98.6 Å². The average Bonchev–Trinajstić information content (AvgIpc) is 3.17. The third-order valence-electron chi connectivity index (χ3n) is 8.53. The van der Waals surface area contributed by atoms with E-state index in [1.165, 1.54) is 95.7 Å². The lowest BCUT2D eigenvalue weighted by Gasteiger charge is -2.35. The maximum Gasteiger partial charge on any atom is 0.221 e. The van der Waals surface area contributed by atoms with Gasteiger partial charge in [-0.3, -0.25) is 0 Å². The third-order valence-corrected chi connectivity index (χ3v) is 8.53. The molecule has 3 atom stereocenters. The van der Waals surface area contributed by atoms with Crippen LogP contribution in [0.25, 0.3) is 0 Å². The Morgan fingerprint density at radius 3 is 1.76 bits per heavy atom. The summed E-state index contributed by atoms with van der Waals surface area (Å²) in [5, 5.41) is 0. The van der Waals surface area contributed by atoms with Crippen LogP contribution in [0.4, 0.5) is 0 Å². The van der Waals surface area contributed by atoms with E-state index < -0.39 is 0 Å². The van der Waals surface area contributed by atoms with E-state index in [4.69, 9.17) is 0 Å². The monoisotopic (exact) mass is 458 g/mol. The molecule has 0 heterocycles. The standard InChI is InChI=1S/C32H47BO/c1-9-10-11-12-14-28-15-13-16-29(28)32(27(8)34)33(30-23(4)17-21(2)18-24(30)5)31-25(6)19-22(3)20-26(31)7/h17-20,28-29,32H,9-16H2,1-8H3. The molecular formula is C32H47BO. The van der Waals surface area contributed by atoms with Crippen molar-refractivity contribution in [2.24, 2.45) is 11.8 Å². The van der Waals surface area contributed by atoms with Crippen molar-refractivity contribution in [3.05, 3.63) is 57.6 Å². The zero-order valence-electron chi connectivity index (χ0n) is 23.2. The molecule has 184 valence electrons. The van der Waals surface area contributed by atoms with E-state index in [1.807, 2.05) is 6.92 Å². The maximum atomic E-state index is 13.6. The van der Waals surface area contributed by atoms with Crippen molar-refractivity contribution in [2.45, 2.75) is 113 Å². The third kappa shape index (κ3) is 5.87. The normalized spacial score (nSPS) is 18.8. The van der Waals surface area contributed by atoms with Gasteiger partial charge in [-0.15, -0.1) is 0 Å². The second kappa shape index (κ2) is 11.7. The summed E-state index contributed by atoms with van der Waals surface area (Å²) in [6.07, 6.45) is 10.3. The minimum absolute atomic E-state index is 0.0545. The van der Waals surface area contributed by atoms with Gasteiger partial charge in [-0.1, -0.05) is 127 Å². The van der Waals surface area contributed by atoms with E-state index in [0.717, 1.165) is 0 Å². The van der Waals surface area contributed by atoms with Crippen molar-refractivity contribution in [1.82, 2.24) is 0 Å². The Morgan fingerprint density at radius 2 is 1.32 bits per heavy atom. The molecule has 1 aliphatic rings. The molecule has 1 fully saturated rings. The lowest BCUT2D eigenvalue weighted by molar-refractivity contribution is -0.118. The zero-order valence-corrected chi connectivity index (χ0v) is 23.2. The summed E-state index contributed by atoms with van der Waals surface area (Å²) in [5.74, 6) is 1.61. The molecule has 1 nitrogen and oxygen atoms in total. The number of carbonyl (C=O) groups is 1. The van der Waals surface area contributed by atoms with Crippen LogP contribution in [0.3, 0.4) is 0 Å². The Morgan fingerprint density at radius 1 is 0.824 bits per heavy atom. The van der Waals surface area contributed by atoms with Crippen LogP contribution in [0.5, 0.6) is 0 Å². The van der Waals surface area contributed by atoms with E-state index in [9.17, 15) is 4.79 Å². The molecule has 0 saturated heterocycles. The van der Waals surface area contributed by atoms with Crippen LogP contribution in [0.15, 0.2) is 24.3 Å². The van der Waals surface area contributed by atoms with Gasteiger partial charge in [0.2, 0.25) is 6.71 Å². The number of rotatable bonds is 10. The number of benzene rings is 2. The van der Waals surface area contributed by atoms with Crippen LogP contribution < -0.4 is 10.9 Å². The summed E-state index contributed by atoms with van der Waals surface area (Å²) in [4.78, 5) is 13.6. The van der Waals surface area contributed by atoms with Crippen molar-refractivity contribution in [1.29, 1.82) is 0 Å². The summed E-state index contributed by atoms with van der Waals surface area (Å²) in [6, 6.07) is 9.29. The van der Waals surface area contributed by atoms with Crippen molar-refractivity contribution in [3.8, 4) is 0 Å². The fraction of sp³-hybridized carbons (Fsp3) is 0.594. The molecule has 2 aromatic carbocycles. The molecule has 2 heteroatoms. The Kier molecular flexibility index (Phi) is 9.24. The summed E-state index contributed by atoms with van der Waals surface area (Å²) in [7, 11) is 0. The van der Waals surface area contributed by atoms with Crippen LogP contribution >= 0.6 is 0 Å². The maximum absolute atomic E-state index is 13.6. The van der Waals surface area contributed by atoms with Gasteiger partial charge in [-0.25, -0.2) is 0 Å². The first-order valence-electron chi connectivity index (χ1n) is 13.8. The molecule has 0 bridgehead atoms. The largest absolute Gasteiger partial charge is 0.300 e. The second-order valence-corrected chi connectivity index (χ2v) is 11.4. The topological polar surface area (TPSA) is 17.1 Å². The van der Waals surface area contributed by atoms with Crippen LogP contribution in [-0.2, 0) is 4.79 Å². The van der Waals surface area contributed by atoms with E-state index in [0.29, 0.717) is 17.6 Å². The number of hydrogen-bond acceptors (Lipinski definition) is 1. The molecule has 0 aromatic heterocycles. The molecule has 0 amide bonds. The fourth-order valence-corrected chi connectivity index (χ4v) is 7.38. The van der Waals surface area contributed by atoms with E-state index in [-0.39, 0.29) is 12.5 Å². The van der Waals surface area contributed by atoms with Gasteiger partial charge in [-0.2, -0.15) is 0 Å². The van der Waals surface area contributed by atoms with E-state index in [2.05, 4.69) is 72.7 Å². The molecular weight excluding hydrogens is 411 g/mol. The van der Waals surface area contributed by atoms with Gasteiger partial charge in [0, 0.05) is 5.82 Å². The Balaban J connectivity index is 2.15. The highest BCUT2D eigenvalue weighted by Gasteiger charge is 2.44. The average molecular weight is 459 g/mol. The number of carbonyl (C=O) groups excluding carboxylic acids is 1. The number of aryl methyl sites for hydroxylation is 6. The SMILES string of the molecule is CCCCCCC1CCCC1C(B(c1c(C)cc(C)cc1C)c1c(C)cc(C)cc1C)C(C)=O. The number of hydrogen-bond donors (Lipinski definition) is 0. The number of ketones is 1. The molecule has 0 N–H and O–H groups in total. The van der Waals surface area contributed by atoms with Gasteiger partial charge in [0.05, 0.1) is 0 Å². The first-order chi connectivity index (χ1) is 16.1. The smallest absolute Gasteiger partial charge is 0.221 e. The van der Waals surface area contributed by atoms with Gasteiger partial charge in [0.15, 0.2) is 0 Å². The minimum atomic E-state index is 0.0545. The van der Waals surface area contributed by atoms with Gasteiger partial charge >= 0.3 is 0 Å². The molecule has 3 rings (SSSR count). The summed E-state index contributed by atoms with van der Waals surface area (Å²) >= 11 is 0. The predicted molar refractivity (Wildman–Crippen MR) is 150 cm³/mol. The van der Waals surface area contributed by atoms with Crippen molar-refractivity contribution < 1.29 is 4.79 Å². The second-order valence-electron chi connectivity index (χ2n) is 11.4. The summed E-state index contributed by atoms with van der Waals surface area (Å²) in [5.41, 5.74) is 10.8. The highest BCUT2D eigenvalue weighted by molar-refractivity contribution is 6.89. The number of Topliss-reactive ketones (excluding diaryl/α,β-unsaturated/α-hetero) is 1. The van der Waals surface area contributed by atoms with Gasteiger partial charge in [-0.05, 0) is 60.3 Å². The fourth-order valence-electron chi connectivity index (χ4n) is 7.38. The van der Waals surface area contributed by atoms with Gasteiger partial charge in [0.1, 0.15) is 5.78 Å². The summed E-state index contributed by atoms with van der Waals surface area (Å²) in [6.45, 7) is 17.7. The number of unbranched alkanes of at least 4 members (excludes halogenated alkanes) is 3.